The molecule has 0 spiro atoms. The quantitative estimate of drug-likeness (QED) is 0.287. The Morgan fingerprint density at radius 1 is 0.889 bits per heavy atom. The molecule has 36 heavy (non-hydrogen) atoms. The normalized spacial score (nSPS) is 13.1. The summed E-state index contributed by atoms with van der Waals surface area (Å²) in [7, 11) is 0. The lowest BCUT2D eigenvalue weighted by Gasteiger charge is -2.11. The van der Waals surface area contributed by atoms with Gasteiger partial charge >= 0.3 is 0 Å². The first kappa shape index (κ1) is 22.4. The topological polar surface area (TPSA) is 38.4 Å². The molecule has 6 rings (SSSR count). The molecule has 3 aromatic carbocycles. The highest BCUT2D eigenvalue weighted by atomic mass is 19.1. The average molecular weight is 478 g/mol. The van der Waals surface area contributed by atoms with Crippen molar-refractivity contribution < 1.29 is 9.18 Å². The van der Waals surface area contributed by atoms with E-state index in [1.165, 1.54) is 23.3 Å². The van der Waals surface area contributed by atoms with Gasteiger partial charge in [-0.25, -0.2) is 4.39 Å². The summed E-state index contributed by atoms with van der Waals surface area (Å²) in [6.07, 6.45) is 5.03. The van der Waals surface area contributed by atoms with Crippen LogP contribution in [0.1, 0.15) is 40.0 Å². The van der Waals surface area contributed by atoms with Crippen LogP contribution in [0, 0.1) is 19.7 Å². The van der Waals surface area contributed by atoms with Crippen LogP contribution in [0.3, 0.4) is 0 Å². The molecule has 4 nitrogen and oxygen atoms in total. The molecule has 0 radical (unpaired) electrons. The van der Waals surface area contributed by atoms with Gasteiger partial charge in [-0.05, 0) is 86.2 Å². The number of hydrogen-bond acceptors (Lipinski definition) is 1. The number of aryl methyl sites for hydroxylation is 4. The Morgan fingerprint density at radius 3 is 2.39 bits per heavy atom. The Balaban J connectivity index is 1.61. The van der Waals surface area contributed by atoms with E-state index in [1.54, 1.807) is 0 Å². The minimum Gasteiger partial charge on any atom is -0.325 e. The van der Waals surface area contributed by atoms with Crippen LogP contribution < -0.4 is 5.32 Å². The van der Waals surface area contributed by atoms with Crippen LogP contribution in [-0.2, 0) is 13.0 Å². The molecule has 1 aliphatic rings. The number of amides is 1. The number of benzene rings is 3. The van der Waals surface area contributed by atoms with Crippen molar-refractivity contribution in [1.82, 2.24) is 8.97 Å². The van der Waals surface area contributed by atoms with E-state index < -0.39 is 0 Å². The second-order valence-corrected chi connectivity index (χ2v) is 9.72. The molecule has 3 heterocycles. The van der Waals surface area contributed by atoms with E-state index in [0.29, 0.717) is 5.69 Å². The molecule has 0 saturated heterocycles. The molecule has 5 aromatic rings. The van der Waals surface area contributed by atoms with E-state index in [9.17, 15) is 9.18 Å². The Kier molecular flexibility index (Phi) is 5.48. The van der Waals surface area contributed by atoms with Crippen LogP contribution in [0.4, 0.5) is 10.1 Å². The van der Waals surface area contributed by atoms with Crippen LogP contribution in [-0.4, -0.2) is 14.9 Å². The molecular formula is C31H28FN3O. The number of nitrogens with one attached hydrogen (secondary N) is 1. The number of aromatic nitrogens is 2. The van der Waals surface area contributed by atoms with E-state index in [0.717, 1.165) is 65.1 Å². The lowest BCUT2D eigenvalue weighted by Crippen LogP contribution is -2.15. The molecule has 0 fully saturated rings. The Labute approximate surface area is 210 Å². The number of anilines is 1. The van der Waals surface area contributed by atoms with Gasteiger partial charge in [-0.15, -0.1) is 0 Å². The van der Waals surface area contributed by atoms with Crippen LogP contribution in [0.25, 0.3) is 28.0 Å². The smallest absolute Gasteiger partial charge is 0.273 e. The molecule has 5 heteroatoms. The number of carbonyl (C=O) groups excluding carboxylic acids is 1. The predicted molar refractivity (Wildman–Crippen MR) is 143 cm³/mol. The molecule has 1 aliphatic heterocycles. The van der Waals surface area contributed by atoms with Crippen LogP contribution >= 0.6 is 0 Å². The average Bonchev–Trinajstić information content (AvgIpc) is 3.28. The highest BCUT2D eigenvalue weighted by Gasteiger charge is 2.29. The number of nitrogens with zero attached hydrogens (tertiary/aromatic N) is 2. The van der Waals surface area contributed by atoms with Gasteiger partial charge < -0.3 is 9.88 Å². The standard InChI is InChI=1S/C31H28FN3O/c1-20-9-11-23(12-10-20)28-26-8-3-4-17-34-27(22-13-15-24(32)16-14-22)19-35(31(26)34)29(28)30(36)33-25-7-5-6-21(2)18-25/h5-7,9-16,18-19H,3-4,8,17H2,1-2H3,(H,33,36). The Morgan fingerprint density at radius 2 is 1.64 bits per heavy atom. The van der Waals surface area contributed by atoms with Gasteiger partial charge in [-0.3, -0.25) is 9.20 Å². The van der Waals surface area contributed by atoms with Gasteiger partial charge in [0.25, 0.3) is 5.91 Å². The number of carbonyl (C=O) groups is 1. The molecule has 0 atom stereocenters. The highest BCUT2D eigenvalue weighted by molar-refractivity contribution is 6.10. The SMILES string of the molecule is Cc1ccc(-c2c3c4n(c(-c5ccc(F)cc5)cn4c2C(=O)Nc2cccc(C)c2)CCCC3)cc1. The second kappa shape index (κ2) is 8.83. The maximum absolute atomic E-state index is 13.9. The van der Waals surface area contributed by atoms with Crippen molar-refractivity contribution in [2.24, 2.45) is 0 Å². The fraction of sp³-hybridized carbons (Fsp3) is 0.194. The third-order valence-electron chi connectivity index (χ3n) is 7.11. The van der Waals surface area contributed by atoms with Gasteiger partial charge in [-0.2, -0.15) is 0 Å². The van der Waals surface area contributed by atoms with Crippen molar-refractivity contribution in [3.8, 4) is 22.4 Å². The van der Waals surface area contributed by atoms with Gasteiger partial charge in [0.2, 0.25) is 0 Å². The largest absolute Gasteiger partial charge is 0.325 e. The zero-order valence-corrected chi connectivity index (χ0v) is 20.5. The third-order valence-corrected chi connectivity index (χ3v) is 7.11. The molecule has 0 saturated carbocycles. The van der Waals surface area contributed by atoms with Crippen LogP contribution in [0.5, 0.6) is 0 Å². The van der Waals surface area contributed by atoms with Gasteiger partial charge in [-0.1, -0.05) is 42.0 Å². The highest BCUT2D eigenvalue weighted by Crippen LogP contribution is 2.39. The van der Waals surface area contributed by atoms with Crippen LogP contribution in [0.15, 0.2) is 79.0 Å². The molecule has 0 unspecified atom stereocenters. The molecule has 2 aromatic heterocycles. The van der Waals surface area contributed by atoms with Gasteiger partial charge in [0.05, 0.1) is 5.69 Å². The first-order valence-electron chi connectivity index (χ1n) is 12.5. The lowest BCUT2D eigenvalue weighted by atomic mass is 9.97. The summed E-state index contributed by atoms with van der Waals surface area (Å²) in [5.74, 6) is -0.394. The monoisotopic (exact) mass is 477 g/mol. The molecule has 180 valence electrons. The van der Waals surface area contributed by atoms with Crippen molar-refractivity contribution in [3.05, 3.63) is 107 Å². The maximum atomic E-state index is 13.9. The third kappa shape index (κ3) is 3.81. The maximum Gasteiger partial charge on any atom is 0.273 e. The van der Waals surface area contributed by atoms with Crippen molar-refractivity contribution in [2.75, 3.05) is 5.32 Å². The van der Waals surface area contributed by atoms with Gasteiger partial charge in [0.1, 0.15) is 17.2 Å². The number of halogens is 1. The minimum absolute atomic E-state index is 0.138. The lowest BCUT2D eigenvalue weighted by molar-refractivity contribution is 0.102. The van der Waals surface area contributed by atoms with Crippen LogP contribution in [0.2, 0.25) is 0 Å². The van der Waals surface area contributed by atoms with Crippen molar-refractivity contribution in [3.63, 3.8) is 0 Å². The fourth-order valence-electron chi connectivity index (χ4n) is 5.40. The predicted octanol–water partition coefficient (Wildman–Crippen LogP) is 7.42. The minimum atomic E-state index is -0.256. The van der Waals surface area contributed by atoms with E-state index in [4.69, 9.17) is 0 Å². The second-order valence-electron chi connectivity index (χ2n) is 9.72. The zero-order valence-electron chi connectivity index (χ0n) is 20.5. The summed E-state index contributed by atoms with van der Waals surface area (Å²) >= 11 is 0. The van der Waals surface area contributed by atoms with E-state index in [1.807, 2.05) is 49.5 Å². The van der Waals surface area contributed by atoms with E-state index >= 15 is 0 Å². The van der Waals surface area contributed by atoms with E-state index in [2.05, 4.69) is 45.5 Å². The molecule has 0 aliphatic carbocycles. The summed E-state index contributed by atoms with van der Waals surface area (Å²) in [4.78, 5) is 13.9. The number of imidazole rings is 1. The fourth-order valence-corrected chi connectivity index (χ4v) is 5.40. The molecule has 0 bridgehead atoms. The Hall–Kier alpha value is -4.12. The summed E-state index contributed by atoms with van der Waals surface area (Å²) in [5.41, 5.74) is 9.90. The van der Waals surface area contributed by atoms with Gasteiger partial charge in [0.15, 0.2) is 0 Å². The van der Waals surface area contributed by atoms with Gasteiger partial charge in [0, 0.05) is 29.6 Å². The molecule has 1 amide bonds. The first-order chi connectivity index (χ1) is 17.5. The summed E-state index contributed by atoms with van der Waals surface area (Å²) in [5, 5.41) is 3.14. The number of hydrogen-bond donors (Lipinski definition) is 1. The van der Waals surface area contributed by atoms with Crippen molar-refractivity contribution in [2.45, 2.75) is 39.7 Å². The molecule has 1 N–H and O–H groups in total. The first-order valence-corrected chi connectivity index (χ1v) is 12.5. The summed E-state index contributed by atoms with van der Waals surface area (Å²) in [6.45, 7) is 4.94. The Bertz CT molecular complexity index is 1590. The van der Waals surface area contributed by atoms with E-state index in [-0.39, 0.29) is 11.7 Å². The van der Waals surface area contributed by atoms with Crippen molar-refractivity contribution >= 4 is 17.2 Å². The summed E-state index contributed by atoms with van der Waals surface area (Å²) in [6, 6.07) is 22.9. The number of rotatable bonds is 4. The zero-order chi connectivity index (χ0) is 24.8. The molecular weight excluding hydrogens is 449 g/mol. The summed E-state index contributed by atoms with van der Waals surface area (Å²) < 4.78 is 18.0. The van der Waals surface area contributed by atoms with Crippen molar-refractivity contribution in [1.29, 1.82) is 0 Å².